The van der Waals surface area contributed by atoms with Crippen molar-refractivity contribution >= 4 is 34.1 Å². The summed E-state index contributed by atoms with van der Waals surface area (Å²) in [6, 6.07) is 13.5. The van der Waals surface area contributed by atoms with Gasteiger partial charge in [0.25, 0.3) is 0 Å². The van der Waals surface area contributed by atoms with E-state index in [1.807, 2.05) is 42.5 Å². The number of aromatic nitrogens is 2. The van der Waals surface area contributed by atoms with Gasteiger partial charge in [0, 0.05) is 25.6 Å². The standard InChI is InChI=1S/C21H22ClN5O/c1-26-17-10-7-13(11-18(17)27(2)21(26)28)12-24-19(14-8-9-14)20(25-23)15-5-3-4-6-16(15)22/h3-7,10-11,14H,8-9,12,23H2,1-2H3. The van der Waals surface area contributed by atoms with Gasteiger partial charge in [0.05, 0.1) is 28.3 Å². The van der Waals surface area contributed by atoms with E-state index in [-0.39, 0.29) is 5.69 Å². The molecular formula is C21H22ClN5O. The molecule has 144 valence electrons. The van der Waals surface area contributed by atoms with E-state index in [0.717, 1.165) is 40.7 Å². The maximum absolute atomic E-state index is 12.1. The SMILES string of the molecule is Cn1c(=O)n(C)c2cc(CN=C(C(=NN)c3ccccc3Cl)C3CC3)ccc21. The summed E-state index contributed by atoms with van der Waals surface area (Å²) < 4.78 is 3.30. The highest BCUT2D eigenvalue weighted by molar-refractivity contribution is 6.52. The number of imidazole rings is 1. The number of nitrogens with zero attached hydrogens (tertiary/aromatic N) is 4. The van der Waals surface area contributed by atoms with E-state index in [4.69, 9.17) is 22.4 Å². The third-order valence-electron chi connectivity index (χ3n) is 5.23. The molecule has 3 aromatic rings. The quantitative estimate of drug-likeness (QED) is 0.409. The second-order valence-electron chi connectivity index (χ2n) is 7.16. The molecule has 1 aliphatic carbocycles. The van der Waals surface area contributed by atoms with Crippen LogP contribution in [0.2, 0.25) is 5.02 Å². The van der Waals surface area contributed by atoms with Gasteiger partial charge in [-0.05, 0) is 36.6 Å². The zero-order valence-corrected chi connectivity index (χ0v) is 16.6. The van der Waals surface area contributed by atoms with Gasteiger partial charge in [0.1, 0.15) is 5.71 Å². The van der Waals surface area contributed by atoms with Gasteiger partial charge in [-0.2, -0.15) is 5.10 Å². The minimum atomic E-state index is -0.0365. The number of halogens is 1. The van der Waals surface area contributed by atoms with Gasteiger partial charge in [-0.3, -0.25) is 14.1 Å². The van der Waals surface area contributed by atoms with Crippen LogP contribution in [0.3, 0.4) is 0 Å². The number of aliphatic imine (C=N–C) groups is 1. The molecule has 7 heteroatoms. The van der Waals surface area contributed by atoms with Crippen molar-refractivity contribution in [1.29, 1.82) is 0 Å². The maximum atomic E-state index is 12.1. The predicted molar refractivity (Wildman–Crippen MR) is 114 cm³/mol. The van der Waals surface area contributed by atoms with Crippen LogP contribution in [0.1, 0.15) is 24.0 Å². The Morgan fingerprint density at radius 2 is 1.86 bits per heavy atom. The molecular weight excluding hydrogens is 374 g/mol. The molecule has 6 nitrogen and oxygen atoms in total. The first-order chi connectivity index (χ1) is 13.5. The third kappa shape index (κ3) is 3.24. The number of hydrogen-bond acceptors (Lipinski definition) is 4. The lowest BCUT2D eigenvalue weighted by atomic mass is 10.0. The lowest BCUT2D eigenvalue weighted by molar-refractivity contribution is 0.795. The van der Waals surface area contributed by atoms with E-state index in [0.29, 0.717) is 23.2 Å². The summed E-state index contributed by atoms with van der Waals surface area (Å²) in [5.41, 5.74) is 5.15. The van der Waals surface area contributed by atoms with Crippen LogP contribution < -0.4 is 11.5 Å². The van der Waals surface area contributed by atoms with Crippen LogP contribution in [0.25, 0.3) is 11.0 Å². The van der Waals surface area contributed by atoms with Crippen molar-refractivity contribution in [3.05, 3.63) is 69.1 Å². The average molecular weight is 396 g/mol. The molecule has 0 saturated heterocycles. The van der Waals surface area contributed by atoms with Gasteiger partial charge in [0.2, 0.25) is 0 Å². The number of benzene rings is 2. The summed E-state index contributed by atoms with van der Waals surface area (Å²) in [4.78, 5) is 17.0. The van der Waals surface area contributed by atoms with Crippen LogP contribution in [-0.2, 0) is 20.6 Å². The van der Waals surface area contributed by atoms with Gasteiger partial charge in [0.15, 0.2) is 0 Å². The first-order valence-electron chi connectivity index (χ1n) is 9.23. The summed E-state index contributed by atoms with van der Waals surface area (Å²) in [5.74, 6) is 6.09. The number of hydrogen-bond donors (Lipinski definition) is 1. The largest absolute Gasteiger partial charge is 0.328 e. The monoisotopic (exact) mass is 395 g/mol. The molecule has 0 spiro atoms. The number of aryl methyl sites for hydroxylation is 2. The van der Waals surface area contributed by atoms with Crippen molar-refractivity contribution in [3.63, 3.8) is 0 Å². The van der Waals surface area contributed by atoms with Crippen LogP contribution in [0.5, 0.6) is 0 Å². The van der Waals surface area contributed by atoms with E-state index in [1.165, 1.54) is 0 Å². The van der Waals surface area contributed by atoms with E-state index in [9.17, 15) is 4.79 Å². The molecule has 1 aromatic heterocycles. The van der Waals surface area contributed by atoms with Crippen molar-refractivity contribution in [2.45, 2.75) is 19.4 Å². The number of hydrazone groups is 1. The van der Waals surface area contributed by atoms with Crippen LogP contribution in [0, 0.1) is 5.92 Å². The minimum absolute atomic E-state index is 0.0365. The Labute approximate surface area is 167 Å². The highest BCUT2D eigenvalue weighted by Crippen LogP contribution is 2.33. The Hall–Kier alpha value is -2.86. The molecule has 0 amide bonds. The molecule has 0 aliphatic heterocycles. The smallest absolute Gasteiger partial charge is 0.323 e. The van der Waals surface area contributed by atoms with Crippen LogP contribution >= 0.6 is 11.6 Å². The van der Waals surface area contributed by atoms with Crippen LogP contribution in [-0.4, -0.2) is 20.6 Å². The molecule has 1 fully saturated rings. The zero-order chi connectivity index (χ0) is 19.8. The van der Waals surface area contributed by atoms with Gasteiger partial charge >= 0.3 is 5.69 Å². The summed E-state index contributed by atoms with van der Waals surface area (Å²) in [7, 11) is 3.56. The van der Waals surface area contributed by atoms with Crippen molar-refractivity contribution < 1.29 is 0 Å². The third-order valence-corrected chi connectivity index (χ3v) is 5.56. The number of rotatable bonds is 5. The lowest BCUT2D eigenvalue weighted by Crippen LogP contribution is -2.20. The Kier molecular flexibility index (Phi) is 4.81. The molecule has 2 N–H and O–H groups in total. The minimum Gasteiger partial charge on any atom is -0.323 e. The fraction of sp³-hybridized carbons (Fsp3) is 0.286. The molecule has 28 heavy (non-hydrogen) atoms. The van der Waals surface area contributed by atoms with Crippen LogP contribution in [0.4, 0.5) is 0 Å². The Morgan fingerprint density at radius 3 is 2.54 bits per heavy atom. The van der Waals surface area contributed by atoms with Crippen LogP contribution in [0.15, 0.2) is 57.4 Å². The number of fused-ring (bicyclic) bond motifs is 1. The highest BCUT2D eigenvalue weighted by atomic mass is 35.5. The molecule has 2 aromatic carbocycles. The molecule has 0 bridgehead atoms. The summed E-state index contributed by atoms with van der Waals surface area (Å²) in [5, 5.41) is 4.64. The topological polar surface area (TPSA) is 77.7 Å². The van der Waals surface area contributed by atoms with Crippen molar-refractivity contribution in [1.82, 2.24) is 9.13 Å². The summed E-state index contributed by atoms with van der Waals surface area (Å²) in [6.45, 7) is 0.494. The Morgan fingerprint density at radius 1 is 1.14 bits per heavy atom. The van der Waals surface area contributed by atoms with E-state index >= 15 is 0 Å². The maximum Gasteiger partial charge on any atom is 0.328 e. The average Bonchev–Trinajstić information content (AvgIpc) is 3.52. The molecule has 0 unspecified atom stereocenters. The normalized spacial score (nSPS) is 15.4. The zero-order valence-electron chi connectivity index (χ0n) is 15.9. The van der Waals surface area contributed by atoms with Crippen molar-refractivity contribution in [2.24, 2.45) is 35.9 Å². The van der Waals surface area contributed by atoms with E-state index in [1.54, 1.807) is 23.2 Å². The van der Waals surface area contributed by atoms with Crippen molar-refractivity contribution in [2.75, 3.05) is 0 Å². The van der Waals surface area contributed by atoms with E-state index < -0.39 is 0 Å². The van der Waals surface area contributed by atoms with Gasteiger partial charge in [-0.1, -0.05) is 35.9 Å². The molecule has 1 heterocycles. The second kappa shape index (κ2) is 7.28. The fourth-order valence-corrected chi connectivity index (χ4v) is 3.73. The lowest BCUT2D eigenvalue weighted by Gasteiger charge is -2.11. The molecule has 0 radical (unpaired) electrons. The molecule has 1 aliphatic rings. The number of nitrogens with two attached hydrogens (primary N) is 1. The Bertz CT molecular complexity index is 1170. The predicted octanol–water partition coefficient (Wildman–Crippen LogP) is 3.24. The van der Waals surface area contributed by atoms with Gasteiger partial charge in [-0.25, -0.2) is 4.79 Å². The highest BCUT2D eigenvalue weighted by Gasteiger charge is 2.32. The fourth-order valence-electron chi connectivity index (χ4n) is 3.51. The van der Waals surface area contributed by atoms with Gasteiger partial charge < -0.3 is 5.84 Å². The molecule has 1 saturated carbocycles. The second-order valence-corrected chi connectivity index (χ2v) is 7.56. The van der Waals surface area contributed by atoms with E-state index in [2.05, 4.69) is 5.10 Å². The first-order valence-corrected chi connectivity index (χ1v) is 9.61. The van der Waals surface area contributed by atoms with Crippen molar-refractivity contribution in [3.8, 4) is 0 Å². The first kappa shape index (κ1) is 18.5. The molecule has 0 atom stereocenters. The van der Waals surface area contributed by atoms with Gasteiger partial charge in [-0.15, -0.1) is 0 Å². The summed E-state index contributed by atoms with van der Waals surface area (Å²) >= 11 is 6.36. The summed E-state index contributed by atoms with van der Waals surface area (Å²) in [6.07, 6.45) is 2.16. The molecule has 4 rings (SSSR count). The Balaban J connectivity index is 1.70.